The third kappa shape index (κ3) is 4.85. The van der Waals surface area contributed by atoms with Crippen molar-refractivity contribution in [2.75, 3.05) is 33.9 Å². The van der Waals surface area contributed by atoms with Crippen LogP contribution in [0.15, 0.2) is 0 Å². The van der Waals surface area contributed by atoms with E-state index in [1.807, 2.05) is 0 Å². The minimum absolute atomic E-state index is 0.0579. The first-order valence-electron chi connectivity index (χ1n) is 3.68. The van der Waals surface area contributed by atoms with Gasteiger partial charge in [-0.2, -0.15) is 17.4 Å². The molecule has 6 heteroatoms. The van der Waals surface area contributed by atoms with Gasteiger partial charge in [0.05, 0.1) is 13.2 Å². The van der Waals surface area contributed by atoms with Crippen molar-refractivity contribution >= 4 is 10.2 Å². The van der Waals surface area contributed by atoms with Gasteiger partial charge in [-0.05, 0) is 0 Å². The van der Waals surface area contributed by atoms with Gasteiger partial charge in [-0.15, -0.1) is 6.42 Å². The maximum Gasteiger partial charge on any atom is 0.280 e. The van der Waals surface area contributed by atoms with Crippen LogP contribution in [0.3, 0.4) is 0 Å². The molecule has 0 aliphatic carbocycles. The van der Waals surface area contributed by atoms with E-state index in [2.05, 4.69) is 10.6 Å². The molecule has 0 aromatic carbocycles. The minimum Gasteiger partial charge on any atom is -0.383 e. The highest BCUT2D eigenvalue weighted by Crippen LogP contribution is 1.90. The molecule has 0 amide bonds. The number of nitrogens with zero attached hydrogens (tertiary/aromatic N) is 1. The fourth-order valence-corrected chi connectivity index (χ4v) is 1.40. The molecule has 0 atom stereocenters. The molecule has 13 heavy (non-hydrogen) atoms. The van der Waals surface area contributed by atoms with E-state index in [9.17, 15) is 8.42 Å². The summed E-state index contributed by atoms with van der Waals surface area (Å²) in [5.74, 6) is 2.24. The Hall–Kier alpha value is -0.610. The summed E-state index contributed by atoms with van der Waals surface area (Å²) in [4.78, 5) is 0. The van der Waals surface area contributed by atoms with Crippen LogP contribution in [0.4, 0.5) is 0 Å². The Balaban J connectivity index is 4.01. The van der Waals surface area contributed by atoms with Crippen molar-refractivity contribution in [3.05, 3.63) is 0 Å². The molecule has 0 saturated carbocycles. The number of rotatable bonds is 6. The topological polar surface area (TPSA) is 58.6 Å². The number of terminal acetylenes is 1. The third-order valence-corrected chi connectivity index (χ3v) is 2.83. The molecule has 0 radical (unpaired) electrons. The van der Waals surface area contributed by atoms with Crippen LogP contribution >= 0.6 is 0 Å². The molecule has 0 aliphatic rings. The van der Waals surface area contributed by atoms with Gasteiger partial charge < -0.3 is 4.74 Å². The lowest BCUT2D eigenvalue weighted by molar-refractivity contribution is 0.204. The Kier molecular flexibility index (Phi) is 5.66. The zero-order valence-corrected chi connectivity index (χ0v) is 8.60. The molecule has 0 unspecified atom stereocenters. The van der Waals surface area contributed by atoms with Gasteiger partial charge in [0.2, 0.25) is 0 Å². The van der Waals surface area contributed by atoms with E-state index in [1.165, 1.54) is 14.2 Å². The summed E-state index contributed by atoms with van der Waals surface area (Å²) in [6.07, 6.45) is 4.97. The molecule has 0 aromatic rings. The van der Waals surface area contributed by atoms with Gasteiger partial charge in [0.25, 0.3) is 10.2 Å². The Bertz CT molecular complexity index is 268. The van der Waals surface area contributed by atoms with E-state index in [0.29, 0.717) is 6.61 Å². The van der Waals surface area contributed by atoms with Crippen molar-refractivity contribution < 1.29 is 13.2 Å². The molecular weight excluding hydrogens is 192 g/mol. The van der Waals surface area contributed by atoms with Gasteiger partial charge in [0.1, 0.15) is 0 Å². The van der Waals surface area contributed by atoms with Gasteiger partial charge in [-0.1, -0.05) is 5.92 Å². The molecule has 1 N–H and O–H groups in total. The summed E-state index contributed by atoms with van der Waals surface area (Å²) in [6.45, 7) is 0.638. The number of nitrogens with one attached hydrogen (secondary N) is 1. The van der Waals surface area contributed by atoms with Gasteiger partial charge in [-0.25, -0.2) is 0 Å². The first-order valence-corrected chi connectivity index (χ1v) is 5.12. The standard InChI is InChI=1S/C7H14N2O3S/c1-4-6-9(2)13(10,11)8-5-7-12-3/h1,8H,5-7H2,2-3H3. The van der Waals surface area contributed by atoms with E-state index in [1.54, 1.807) is 0 Å². The largest absolute Gasteiger partial charge is 0.383 e. The SMILES string of the molecule is C#CCN(C)S(=O)(=O)NCCOC. The van der Waals surface area contributed by atoms with Crippen molar-refractivity contribution in [3.8, 4) is 12.3 Å². The van der Waals surface area contributed by atoms with E-state index in [4.69, 9.17) is 11.2 Å². The summed E-state index contributed by atoms with van der Waals surface area (Å²) in [5, 5.41) is 0. The molecule has 0 spiro atoms. The molecule has 0 heterocycles. The van der Waals surface area contributed by atoms with E-state index < -0.39 is 10.2 Å². The molecule has 5 nitrogen and oxygen atoms in total. The third-order valence-electron chi connectivity index (χ3n) is 1.31. The van der Waals surface area contributed by atoms with E-state index in [-0.39, 0.29) is 13.1 Å². The second-order valence-electron chi connectivity index (χ2n) is 2.35. The summed E-state index contributed by atoms with van der Waals surface area (Å²) in [7, 11) is -0.523. The Morgan fingerprint density at radius 3 is 2.69 bits per heavy atom. The molecule has 0 bridgehead atoms. The fourth-order valence-electron chi connectivity index (χ4n) is 0.596. The van der Waals surface area contributed by atoms with Crippen molar-refractivity contribution in [2.45, 2.75) is 0 Å². The fraction of sp³-hybridized carbons (Fsp3) is 0.714. The Morgan fingerprint density at radius 1 is 1.62 bits per heavy atom. The van der Waals surface area contributed by atoms with Crippen LogP contribution in [0, 0.1) is 12.3 Å². The second kappa shape index (κ2) is 5.94. The molecule has 0 saturated heterocycles. The van der Waals surface area contributed by atoms with Crippen molar-refractivity contribution in [3.63, 3.8) is 0 Å². The molecule has 0 aliphatic heterocycles. The first-order chi connectivity index (χ1) is 6.04. The molecule has 76 valence electrons. The highest BCUT2D eigenvalue weighted by molar-refractivity contribution is 7.87. The number of hydrogen-bond acceptors (Lipinski definition) is 3. The quantitative estimate of drug-likeness (QED) is 0.449. The number of hydrogen-bond donors (Lipinski definition) is 1. The summed E-state index contributed by atoms with van der Waals surface area (Å²) in [5.41, 5.74) is 0. The molecule has 0 fully saturated rings. The summed E-state index contributed by atoms with van der Waals surface area (Å²) < 4.78 is 30.6. The van der Waals surface area contributed by atoms with Crippen LogP contribution in [0.2, 0.25) is 0 Å². The lowest BCUT2D eigenvalue weighted by Crippen LogP contribution is -2.39. The van der Waals surface area contributed by atoms with Crippen LogP contribution in [0.25, 0.3) is 0 Å². The minimum atomic E-state index is -3.43. The monoisotopic (exact) mass is 206 g/mol. The van der Waals surface area contributed by atoms with Crippen LogP contribution < -0.4 is 4.72 Å². The first kappa shape index (κ1) is 12.4. The van der Waals surface area contributed by atoms with Crippen molar-refractivity contribution in [2.24, 2.45) is 0 Å². The maximum atomic E-state index is 11.3. The van der Waals surface area contributed by atoms with Gasteiger partial charge >= 0.3 is 0 Å². The normalized spacial score (nSPS) is 11.5. The zero-order chi connectivity index (χ0) is 10.3. The molecule has 0 aromatic heterocycles. The Morgan fingerprint density at radius 2 is 2.23 bits per heavy atom. The predicted molar refractivity (Wildman–Crippen MR) is 50.3 cm³/mol. The summed E-state index contributed by atoms with van der Waals surface area (Å²) >= 11 is 0. The smallest absolute Gasteiger partial charge is 0.280 e. The lowest BCUT2D eigenvalue weighted by atomic mass is 10.7. The molecular formula is C7H14N2O3S. The van der Waals surface area contributed by atoms with Gasteiger partial charge in [0.15, 0.2) is 0 Å². The molecule has 0 rings (SSSR count). The lowest BCUT2D eigenvalue weighted by Gasteiger charge is -2.14. The van der Waals surface area contributed by atoms with Gasteiger partial charge in [-0.3, -0.25) is 0 Å². The van der Waals surface area contributed by atoms with Crippen LogP contribution in [0.1, 0.15) is 0 Å². The van der Waals surface area contributed by atoms with Crippen LogP contribution in [-0.2, 0) is 14.9 Å². The van der Waals surface area contributed by atoms with Crippen LogP contribution in [-0.4, -0.2) is 46.6 Å². The summed E-state index contributed by atoms with van der Waals surface area (Å²) in [6, 6.07) is 0. The Labute approximate surface area is 79.2 Å². The highest BCUT2D eigenvalue weighted by atomic mass is 32.2. The second-order valence-corrected chi connectivity index (χ2v) is 4.21. The predicted octanol–water partition coefficient (Wildman–Crippen LogP) is -0.968. The average molecular weight is 206 g/mol. The van der Waals surface area contributed by atoms with Crippen molar-refractivity contribution in [1.82, 2.24) is 9.03 Å². The van der Waals surface area contributed by atoms with E-state index in [0.717, 1.165) is 4.31 Å². The average Bonchev–Trinajstić information content (AvgIpc) is 2.05. The number of ether oxygens (including phenoxy) is 1. The van der Waals surface area contributed by atoms with E-state index >= 15 is 0 Å². The van der Waals surface area contributed by atoms with Crippen molar-refractivity contribution in [1.29, 1.82) is 0 Å². The highest BCUT2D eigenvalue weighted by Gasteiger charge is 2.14. The zero-order valence-electron chi connectivity index (χ0n) is 7.78. The van der Waals surface area contributed by atoms with Gasteiger partial charge in [0, 0.05) is 20.7 Å². The maximum absolute atomic E-state index is 11.3. The van der Waals surface area contributed by atoms with Crippen LogP contribution in [0.5, 0.6) is 0 Å². The number of methoxy groups -OCH3 is 1.